The van der Waals surface area contributed by atoms with Gasteiger partial charge in [0.05, 0.1) is 6.21 Å². The molecule has 5 heteroatoms. The summed E-state index contributed by atoms with van der Waals surface area (Å²) in [5, 5.41) is 3.97. The van der Waals surface area contributed by atoms with Gasteiger partial charge < -0.3 is 4.74 Å². The van der Waals surface area contributed by atoms with E-state index in [-0.39, 0.29) is 5.91 Å². The number of benzene rings is 2. The van der Waals surface area contributed by atoms with Gasteiger partial charge >= 0.3 is 0 Å². The van der Waals surface area contributed by atoms with Crippen molar-refractivity contribution in [3.63, 3.8) is 0 Å². The van der Waals surface area contributed by atoms with E-state index in [9.17, 15) is 4.79 Å². The van der Waals surface area contributed by atoms with Crippen molar-refractivity contribution in [2.45, 2.75) is 0 Å². The van der Waals surface area contributed by atoms with E-state index in [1.165, 1.54) is 0 Å². The summed E-state index contributed by atoms with van der Waals surface area (Å²) in [6, 6.07) is 20.2. The molecule has 0 bridgehead atoms. The maximum atomic E-state index is 11.9. The Hall–Kier alpha value is -3.47. The van der Waals surface area contributed by atoms with E-state index < -0.39 is 0 Å². The average Bonchev–Trinajstić information content (AvgIpc) is 2.63. The largest absolute Gasteiger partial charge is 0.457 e. The number of hydrogen-bond donors (Lipinski definition) is 1. The standard InChI is InChI=1S/C19H15N3O2/c23-19(16-9-11-20-12-10-16)22-21-14-15-5-4-8-18(13-15)24-17-6-2-1-3-7-17/h1-14H,(H,22,23)/b21-14+. The fourth-order valence-corrected chi connectivity index (χ4v) is 2.02. The quantitative estimate of drug-likeness (QED) is 0.577. The van der Waals surface area contributed by atoms with Gasteiger partial charge in [-0.1, -0.05) is 30.3 Å². The number of rotatable bonds is 5. The molecule has 3 aromatic rings. The molecular formula is C19H15N3O2. The molecule has 0 aliphatic rings. The second-order valence-electron chi connectivity index (χ2n) is 4.92. The molecule has 1 aromatic heterocycles. The summed E-state index contributed by atoms with van der Waals surface area (Å²) in [6.07, 6.45) is 4.68. The lowest BCUT2D eigenvalue weighted by Gasteiger charge is -2.05. The molecule has 0 saturated carbocycles. The van der Waals surface area contributed by atoms with Crippen molar-refractivity contribution in [2.75, 3.05) is 0 Å². The number of ether oxygens (including phenoxy) is 1. The number of carbonyl (C=O) groups is 1. The lowest BCUT2D eigenvalue weighted by Crippen LogP contribution is -2.17. The van der Waals surface area contributed by atoms with Gasteiger partial charge in [-0.2, -0.15) is 5.10 Å². The summed E-state index contributed by atoms with van der Waals surface area (Å²) in [7, 11) is 0. The maximum absolute atomic E-state index is 11.9. The van der Waals surface area contributed by atoms with Crippen molar-refractivity contribution < 1.29 is 9.53 Å². The molecule has 5 nitrogen and oxygen atoms in total. The molecule has 118 valence electrons. The topological polar surface area (TPSA) is 63.6 Å². The van der Waals surface area contributed by atoms with Gasteiger partial charge in [-0.25, -0.2) is 5.43 Å². The summed E-state index contributed by atoms with van der Waals surface area (Å²) < 4.78 is 5.76. The van der Waals surface area contributed by atoms with E-state index in [4.69, 9.17) is 4.74 Å². The molecule has 2 aromatic carbocycles. The van der Waals surface area contributed by atoms with Crippen molar-refractivity contribution in [1.29, 1.82) is 0 Å². The minimum absolute atomic E-state index is 0.287. The summed E-state index contributed by atoms with van der Waals surface area (Å²) >= 11 is 0. The fraction of sp³-hybridized carbons (Fsp3) is 0. The normalized spacial score (nSPS) is 10.5. The smallest absolute Gasteiger partial charge is 0.271 e. The van der Waals surface area contributed by atoms with Gasteiger partial charge in [-0.05, 0) is 42.0 Å². The fourth-order valence-electron chi connectivity index (χ4n) is 2.02. The van der Waals surface area contributed by atoms with Crippen molar-refractivity contribution in [3.8, 4) is 11.5 Å². The summed E-state index contributed by atoms with van der Waals surface area (Å²) in [6.45, 7) is 0. The van der Waals surface area contributed by atoms with Gasteiger partial charge in [-0.3, -0.25) is 9.78 Å². The lowest BCUT2D eigenvalue weighted by atomic mass is 10.2. The van der Waals surface area contributed by atoms with Gasteiger partial charge in [0.15, 0.2) is 0 Å². The first kappa shape index (κ1) is 15.4. The number of pyridine rings is 1. The van der Waals surface area contributed by atoms with E-state index in [0.717, 1.165) is 11.3 Å². The highest BCUT2D eigenvalue weighted by Gasteiger charge is 2.02. The molecule has 0 aliphatic heterocycles. The molecule has 0 saturated heterocycles. The van der Waals surface area contributed by atoms with Crippen molar-refractivity contribution >= 4 is 12.1 Å². The van der Waals surface area contributed by atoms with Crippen LogP contribution < -0.4 is 10.2 Å². The van der Waals surface area contributed by atoms with E-state index in [1.54, 1.807) is 30.7 Å². The van der Waals surface area contributed by atoms with Crippen LogP contribution in [-0.4, -0.2) is 17.1 Å². The zero-order valence-corrected chi connectivity index (χ0v) is 12.8. The lowest BCUT2D eigenvalue weighted by molar-refractivity contribution is 0.0955. The van der Waals surface area contributed by atoms with Crippen LogP contribution in [0.25, 0.3) is 0 Å². The van der Waals surface area contributed by atoms with Crippen LogP contribution in [0.2, 0.25) is 0 Å². The Balaban J connectivity index is 1.63. The third-order valence-corrected chi connectivity index (χ3v) is 3.16. The Morgan fingerprint density at radius 1 is 0.958 bits per heavy atom. The Bertz CT molecular complexity index is 834. The van der Waals surface area contributed by atoms with Crippen LogP contribution in [0.3, 0.4) is 0 Å². The minimum atomic E-state index is -0.287. The molecule has 0 unspecified atom stereocenters. The highest BCUT2D eigenvalue weighted by atomic mass is 16.5. The summed E-state index contributed by atoms with van der Waals surface area (Å²) in [5.74, 6) is 1.17. The van der Waals surface area contributed by atoms with Crippen molar-refractivity contribution in [3.05, 3.63) is 90.3 Å². The first-order valence-corrected chi connectivity index (χ1v) is 7.38. The van der Waals surface area contributed by atoms with Gasteiger partial charge in [-0.15, -0.1) is 0 Å². The van der Waals surface area contributed by atoms with Crippen LogP contribution in [0.1, 0.15) is 15.9 Å². The molecule has 1 amide bonds. The number of nitrogens with zero attached hydrogens (tertiary/aromatic N) is 2. The molecule has 3 rings (SSSR count). The molecule has 24 heavy (non-hydrogen) atoms. The van der Waals surface area contributed by atoms with E-state index in [1.807, 2.05) is 54.6 Å². The number of para-hydroxylation sites is 1. The zero-order chi connectivity index (χ0) is 16.6. The first-order chi connectivity index (χ1) is 11.8. The van der Waals surface area contributed by atoms with Crippen LogP contribution in [0.4, 0.5) is 0 Å². The van der Waals surface area contributed by atoms with Crippen molar-refractivity contribution in [2.24, 2.45) is 5.10 Å². The molecule has 0 spiro atoms. The second kappa shape index (κ2) is 7.69. The predicted molar refractivity (Wildman–Crippen MR) is 92.3 cm³/mol. The number of aromatic nitrogens is 1. The van der Waals surface area contributed by atoms with E-state index >= 15 is 0 Å². The first-order valence-electron chi connectivity index (χ1n) is 7.38. The van der Waals surface area contributed by atoms with Gasteiger partial charge in [0.2, 0.25) is 0 Å². The van der Waals surface area contributed by atoms with Crippen LogP contribution >= 0.6 is 0 Å². The number of hydrazone groups is 1. The maximum Gasteiger partial charge on any atom is 0.271 e. The highest BCUT2D eigenvalue weighted by Crippen LogP contribution is 2.21. The van der Waals surface area contributed by atoms with E-state index in [2.05, 4.69) is 15.5 Å². The van der Waals surface area contributed by atoms with E-state index in [0.29, 0.717) is 11.3 Å². The number of hydrogen-bond acceptors (Lipinski definition) is 4. The SMILES string of the molecule is O=C(N/N=C/c1cccc(Oc2ccccc2)c1)c1ccncc1. The average molecular weight is 317 g/mol. The Labute approximate surface area is 139 Å². The Kier molecular flexibility index (Phi) is 4.94. The van der Waals surface area contributed by atoms with Crippen LogP contribution in [0.5, 0.6) is 11.5 Å². The second-order valence-corrected chi connectivity index (χ2v) is 4.92. The molecule has 0 radical (unpaired) electrons. The van der Waals surface area contributed by atoms with Gasteiger partial charge in [0, 0.05) is 18.0 Å². The Morgan fingerprint density at radius 3 is 2.50 bits per heavy atom. The van der Waals surface area contributed by atoms with Crippen LogP contribution in [-0.2, 0) is 0 Å². The monoisotopic (exact) mass is 317 g/mol. The van der Waals surface area contributed by atoms with Crippen molar-refractivity contribution in [1.82, 2.24) is 10.4 Å². The third kappa shape index (κ3) is 4.27. The molecule has 0 aliphatic carbocycles. The number of nitrogens with one attached hydrogen (secondary N) is 1. The minimum Gasteiger partial charge on any atom is -0.457 e. The number of carbonyl (C=O) groups excluding carboxylic acids is 1. The number of amides is 1. The molecule has 1 N–H and O–H groups in total. The molecule has 1 heterocycles. The third-order valence-electron chi connectivity index (χ3n) is 3.16. The van der Waals surface area contributed by atoms with Gasteiger partial charge in [0.25, 0.3) is 5.91 Å². The predicted octanol–water partition coefficient (Wildman–Crippen LogP) is 3.64. The van der Waals surface area contributed by atoms with Gasteiger partial charge in [0.1, 0.15) is 11.5 Å². The molecular weight excluding hydrogens is 302 g/mol. The zero-order valence-electron chi connectivity index (χ0n) is 12.8. The molecule has 0 fully saturated rings. The van der Waals surface area contributed by atoms with Crippen LogP contribution in [0.15, 0.2) is 84.2 Å². The summed E-state index contributed by atoms with van der Waals surface area (Å²) in [4.78, 5) is 15.7. The Morgan fingerprint density at radius 2 is 1.71 bits per heavy atom. The molecule has 0 atom stereocenters. The highest BCUT2D eigenvalue weighted by molar-refractivity contribution is 5.94. The summed E-state index contributed by atoms with van der Waals surface area (Å²) in [5.41, 5.74) is 3.80. The van der Waals surface area contributed by atoms with Crippen LogP contribution in [0, 0.1) is 0 Å².